The van der Waals surface area contributed by atoms with Gasteiger partial charge in [0.1, 0.15) is 17.0 Å². The number of hydrogen-bond donors (Lipinski definition) is 4. The van der Waals surface area contributed by atoms with E-state index in [1.54, 1.807) is 6.08 Å². The highest BCUT2D eigenvalue weighted by molar-refractivity contribution is 6.01. The van der Waals surface area contributed by atoms with Gasteiger partial charge >= 0.3 is 5.97 Å². The molecule has 6 rings (SSSR count). The maximum atomic E-state index is 13.1. The number of aliphatic hydroxyl groups excluding tert-OH is 1. The van der Waals surface area contributed by atoms with Gasteiger partial charge in [-0.2, -0.15) is 0 Å². The molecule has 1 spiro atoms. The lowest BCUT2D eigenvalue weighted by atomic mass is 9.51. The van der Waals surface area contributed by atoms with E-state index in [1.807, 2.05) is 13.0 Å². The summed E-state index contributed by atoms with van der Waals surface area (Å²) in [5.41, 5.74) is -2.05. The first-order valence-electron chi connectivity index (χ1n) is 11.5. The van der Waals surface area contributed by atoms with Crippen LogP contribution in [0.3, 0.4) is 0 Å². The van der Waals surface area contributed by atoms with Crippen molar-refractivity contribution in [3.05, 3.63) is 29.8 Å². The second-order valence-electron chi connectivity index (χ2n) is 10.4. The Kier molecular flexibility index (Phi) is 5.07. The van der Waals surface area contributed by atoms with Crippen molar-refractivity contribution in [2.24, 2.45) is 22.7 Å². The van der Waals surface area contributed by atoms with E-state index in [9.17, 15) is 29.7 Å². The number of amides is 1. The van der Waals surface area contributed by atoms with Crippen molar-refractivity contribution in [1.82, 2.24) is 0 Å². The van der Waals surface area contributed by atoms with Gasteiger partial charge in [-0.05, 0) is 55.2 Å². The van der Waals surface area contributed by atoms with Gasteiger partial charge in [0.2, 0.25) is 5.91 Å². The van der Waals surface area contributed by atoms with E-state index >= 15 is 0 Å². The van der Waals surface area contributed by atoms with Gasteiger partial charge in [0, 0.05) is 17.8 Å². The number of carbonyl (C=O) groups is 3. The molecule has 1 aromatic carbocycles. The Hall–Kier alpha value is -2.91. The predicted octanol–water partition coefficient (Wildman–Crippen LogP) is 2.29. The molecule has 34 heavy (non-hydrogen) atoms. The minimum absolute atomic E-state index is 0.0266. The molecule has 6 atom stereocenters. The number of phenolic OH excluding ortho intramolecular Hbond substituents is 2. The number of rotatable bonds is 6. The second-order valence-corrected chi connectivity index (χ2v) is 10.4. The van der Waals surface area contributed by atoms with Crippen LogP contribution in [-0.4, -0.2) is 58.4 Å². The molecule has 4 fully saturated rings. The van der Waals surface area contributed by atoms with Crippen molar-refractivity contribution in [2.45, 2.75) is 50.7 Å². The second kappa shape index (κ2) is 7.55. The number of benzene rings is 1. The zero-order valence-corrected chi connectivity index (χ0v) is 19.2. The maximum absolute atomic E-state index is 13.1. The number of ether oxygens (including phenoxy) is 2. The van der Waals surface area contributed by atoms with Gasteiger partial charge in [0.15, 0.2) is 11.5 Å². The first-order valence-corrected chi connectivity index (χ1v) is 11.5. The molecule has 4 N–H and O–H groups in total. The molecule has 2 aliphatic heterocycles. The number of methoxy groups -OCH3 is 1. The number of nitrogens with one attached hydrogen (secondary N) is 1. The molecule has 182 valence electrons. The van der Waals surface area contributed by atoms with Crippen LogP contribution in [0.25, 0.3) is 0 Å². The molecule has 1 amide bonds. The third kappa shape index (κ3) is 3.03. The van der Waals surface area contributed by atoms with Crippen LogP contribution in [0.2, 0.25) is 0 Å². The van der Waals surface area contributed by atoms with E-state index in [-0.39, 0.29) is 59.8 Å². The Morgan fingerprint density at radius 2 is 2.06 bits per heavy atom. The molecule has 0 aromatic heterocycles. The number of phenols is 2. The molecule has 2 heterocycles. The van der Waals surface area contributed by atoms with E-state index in [0.717, 1.165) is 20.0 Å². The molecule has 1 aromatic rings. The normalized spacial score (nSPS) is 37.0. The van der Waals surface area contributed by atoms with Crippen LogP contribution in [0.4, 0.5) is 5.69 Å². The first kappa shape index (κ1) is 22.9. The molecular weight excluding hydrogens is 442 g/mol. The van der Waals surface area contributed by atoms with Crippen molar-refractivity contribution < 1.29 is 39.2 Å². The quantitative estimate of drug-likeness (QED) is 0.366. The Morgan fingerprint density at radius 3 is 2.74 bits per heavy atom. The zero-order chi connectivity index (χ0) is 24.5. The number of ketones is 1. The smallest absolute Gasteiger partial charge is 0.341 e. The van der Waals surface area contributed by atoms with Crippen LogP contribution in [0.5, 0.6) is 11.5 Å². The fourth-order valence-electron chi connectivity index (χ4n) is 7.21. The van der Waals surface area contributed by atoms with Crippen LogP contribution in [-0.2, 0) is 19.1 Å². The molecule has 5 aliphatic rings. The minimum atomic E-state index is -0.828. The van der Waals surface area contributed by atoms with Crippen molar-refractivity contribution in [3.8, 4) is 11.5 Å². The lowest BCUT2D eigenvalue weighted by molar-refractivity contribution is -0.181. The number of esters is 1. The van der Waals surface area contributed by atoms with Gasteiger partial charge < -0.3 is 30.1 Å². The summed E-state index contributed by atoms with van der Waals surface area (Å²) >= 11 is 0. The highest BCUT2D eigenvalue weighted by Gasteiger charge is 2.72. The summed E-state index contributed by atoms with van der Waals surface area (Å²) in [6.45, 7) is 1.85. The van der Waals surface area contributed by atoms with E-state index in [0.29, 0.717) is 6.42 Å². The van der Waals surface area contributed by atoms with Crippen molar-refractivity contribution in [3.63, 3.8) is 0 Å². The molecule has 4 bridgehead atoms. The van der Waals surface area contributed by atoms with Crippen molar-refractivity contribution in [2.75, 3.05) is 19.0 Å². The lowest BCUT2D eigenvalue weighted by Gasteiger charge is -2.55. The fourth-order valence-corrected chi connectivity index (χ4v) is 7.21. The Morgan fingerprint density at radius 1 is 1.29 bits per heavy atom. The van der Waals surface area contributed by atoms with Crippen LogP contribution >= 0.6 is 0 Å². The van der Waals surface area contributed by atoms with E-state index < -0.39 is 34.4 Å². The van der Waals surface area contributed by atoms with Gasteiger partial charge in [0.05, 0.1) is 25.4 Å². The van der Waals surface area contributed by atoms with Gasteiger partial charge in [-0.1, -0.05) is 13.0 Å². The average Bonchev–Trinajstić information content (AvgIpc) is 3.22. The molecular formula is C25H29NO8. The topological polar surface area (TPSA) is 142 Å². The van der Waals surface area contributed by atoms with Crippen LogP contribution < -0.4 is 5.32 Å². The highest BCUT2D eigenvalue weighted by Crippen LogP contribution is 2.71. The number of anilines is 1. The number of aromatic hydroxyl groups is 2. The van der Waals surface area contributed by atoms with E-state index in [4.69, 9.17) is 4.74 Å². The maximum Gasteiger partial charge on any atom is 0.341 e. The van der Waals surface area contributed by atoms with Crippen LogP contribution in [0.1, 0.15) is 49.4 Å². The minimum Gasteiger partial charge on any atom is -0.506 e. The molecule has 0 unspecified atom stereocenters. The highest BCUT2D eigenvalue weighted by atomic mass is 16.5. The largest absolute Gasteiger partial charge is 0.506 e. The summed E-state index contributed by atoms with van der Waals surface area (Å²) in [6.07, 6.45) is 6.05. The number of hydrogen-bond acceptors (Lipinski definition) is 8. The lowest BCUT2D eigenvalue weighted by Crippen LogP contribution is -2.57. The summed E-state index contributed by atoms with van der Waals surface area (Å²) in [5, 5.41) is 33.0. The molecule has 2 saturated carbocycles. The van der Waals surface area contributed by atoms with Crippen LogP contribution in [0, 0.1) is 22.7 Å². The monoisotopic (exact) mass is 471 g/mol. The van der Waals surface area contributed by atoms with Crippen molar-refractivity contribution >= 4 is 23.3 Å². The molecule has 9 nitrogen and oxygen atoms in total. The standard InChI is InChI=1S/C25H29NO8/c1-23(7-6-18(30)26-19-15(28)4-3-14(20(19)31)22(32)33-2)17(29)5-8-24-10-13-9-16(21(23)24)34-25(13,11-24)12-27/h3-5,8,13,16,21,27-28,31H,6-7,9-12H2,1-2H3,(H,26,30)/t13-,16+,21+,23-,24+,25-/m1/s1. The molecule has 0 radical (unpaired) electrons. The van der Waals surface area contributed by atoms with E-state index in [1.165, 1.54) is 12.1 Å². The summed E-state index contributed by atoms with van der Waals surface area (Å²) in [6, 6.07) is 2.38. The summed E-state index contributed by atoms with van der Waals surface area (Å²) in [5.74, 6) is -2.17. The average molecular weight is 472 g/mol. The third-order valence-corrected chi connectivity index (χ3v) is 8.67. The Labute approximate surface area is 196 Å². The predicted molar refractivity (Wildman–Crippen MR) is 119 cm³/mol. The summed E-state index contributed by atoms with van der Waals surface area (Å²) < 4.78 is 10.9. The Balaban J connectivity index is 1.35. The van der Waals surface area contributed by atoms with Gasteiger partial charge in [-0.25, -0.2) is 4.79 Å². The Bertz CT molecular complexity index is 1110. The van der Waals surface area contributed by atoms with Gasteiger partial charge in [-0.15, -0.1) is 0 Å². The summed E-state index contributed by atoms with van der Waals surface area (Å²) in [7, 11) is 1.16. The van der Waals surface area contributed by atoms with Crippen molar-refractivity contribution in [1.29, 1.82) is 0 Å². The van der Waals surface area contributed by atoms with E-state index in [2.05, 4.69) is 10.1 Å². The summed E-state index contributed by atoms with van der Waals surface area (Å²) in [4.78, 5) is 37.8. The zero-order valence-electron chi connectivity index (χ0n) is 19.2. The number of aliphatic hydroxyl groups is 1. The molecule has 9 heteroatoms. The number of carbonyl (C=O) groups excluding carboxylic acids is 3. The van der Waals surface area contributed by atoms with Gasteiger partial charge in [0.25, 0.3) is 0 Å². The van der Waals surface area contributed by atoms with Gasteiger partial charge in [-0.3, -0.25) is 9.59 Å². The first-order chi connectivity index (χ1) is 16.1. The molecule has 2 saturated heterocycles. The van der Waals surface area contributed by atoms with Crippen LogP contribution in [0.15, 0.2) is 24.3 Å². The number of allylic oxidation sites excluding steroid dienone is 2. The SMILES string of the molecule is COC(=O)c1ccc(O)c(NC(=O)CC[C@]2(C)C(=O)C=C[C@]34C[C@H]5C[C@H](O[C@@]5(CO)C3)[C@H]42)c1O. The fraction of sp³-hybridized carbons (Fsp3) is 0.560. The molecule has 3 aliphatic carbocycles. The third-order valence-electron chi connectivity index (χ3n) is 8.67.